The van der Waals surface area contributed by atoms with Crippen LogP contribution >= 0.6 is 0 Å². The Hall–Kier alpha value is -1.62. The molecule has 0 aromatic carbocycles. The van der Waals surface area contributed by atoms with Crippen LogP contribution in [0.2, 0.25) is 0 Å². The van der Waals surface area contributed by atoms with Gasteiger partial charge in [-0.25, -0.2) is 0 Å². The molecule has 1 N–H and O–H groups in total. The molecule has 2 aliphatic carbocycles. The first-order valence-corrected chi connectivity index (χ1v) is 11.6. The SMILES string of the molecule is CCC(C)(C)C(=O)O[C@H]1C[C@@H](C)C=C2C=C[C@H](C)C(CCC3CC(O)CC(=O)O3)[C@H]21. The van der Waals surface area contributed by atoms with Gasteiger partial charge in [-0.3, -0.25) is 9.59 Å². The van der Waals surface area contributed by atoms with Gasteiger partial charge in [0.2, 0.25) is 0 Å². The molecule has 0 spiro atoms. The Morgan fingerprint density at radius 2 is 2.00 bits per heavy atom. The first kappa shape index (κ1) is 23.1. The second-order valence-electron chi connectivity index (χ2n) is 10.3. The van der Waals surface area contributed by atoms with Crippen LogP contribution in [-0.4, -0.2) is 35.4 Å². The average Bonchev–Trinajstić information content (AvgIpc) is 2.66. The van der Waals surface area contributed by atoms with Crippen molar-refractivity contribution in [3.8, 4) is 0 Å². The summed E-state index contributed by atoms with van der Waals surface area (Å²) in [6.45, 7) is 10.3. The smallest absolute Gasteiger partial charge is 0.311 e. The van der Waals surface area contributed by atoms with Crippen LogP contribution in [0.25, 0.3) is 0 Å². The molecule has 0 saturated carbocycles. The van der Waals surface area contributed by atoms with Crippen molar-refractivity contribution < 1.29 is 24.2 Å². The minimum Gasteiger partial charge on any atom is -0.462 e. The Morgan fingerprint density at radius 1 is 1.27 bits per heavy atom. The summed E-state index contributed by atoms with van der Waals surface area (Å²) in [6, 6.07) is 0. The number of hydrogen-bond acceptors (Lipinski definition) is 5. The van der Waals surface area contributed by atoms with Crippen molar-refractivity contribution in [1.82, 2.24) is 0 Å². The van der Waals surface area contributed by atoms with Crippen LogP contribution in [0, 0.1) is 29.1 Å². The van der Waals surface area contributed by atoms with Crippen LogP contribution in [0.5, 0.6) is 0 Å². The van der Waals surface area contributed by atoms with E-state index in [4.69, 9.17) is 9.47 Å². The molecule has 5 nitrogen and oxygen atoms in total. The van der Waals surface area contributed by atoms with Gasteiger partial charge in [0.15, 0.2) is 0 Å². The lowest BCUT2D eigenvalue weighted by Crippen LogP contribution is -2.43. The maximum absolute atomic E-state index is 12.9. The highest BCUT2D eigenvalue weighted by Crippen LogP contribution is 2.45. The van der Waals surface area contributed by atoms with Crippen LogP contribution < -0.4 is 0 Å². The normalized spacial score (nSPS) is 36.5. The third kappa shape index (κ3) is 5.16. The second kappa shape index (κ2) is 9.25. The zero-order valence-corrected chi connectivity index (χ0v) is 19.1. The number of carbonyl (C=O) groups is 2. The molecule has 3 aliphatic rings. The molecule has 3 rings (SSSR count). The number of rotatable bonds is 6. The van der Waals surface area contributed by atoms with E-state index >= 15 is 0 Å². The number of aliphatic hydroxyl groups is 1. The van der Waals surface area contributed by atoms with E-state index in [1.807, 2.05) is 20.8 Å². The quantitative estimate of drug-likeness (QED) is 0.639. The fourth-order valence-corrected chi connectivity index (χ4v) is 5.08. The van der Waals surface area contributed by atoms with E-state index < -0.39 is 11.5 Å². The van der Waals surface area contributed by atoms with E-state index in [1.54, 1.807) is 0 Å². The van der Waals surface area contributed by atoms with Gasteiger partial charge in [-0.1, -0.05) is 39.0 Å². The molecular weight excluding hydrogens is 380 g/mol. The Kier molecular flexibility index (Phi) is 7.11. The Morgan fingerprint density at radius 3 is 2.67 bits per heavy atom. The summed E-state index contributed by atoms with van der Waals surface area (Å²) < 4.78 is 11.6. The molecule has 1 fully saturated rings. The van der Waals surface area contributed by atoms with Crippen molar-refractivity contribution in [2.75, 3.05) is 0 Å². The third-order valence-electron chi connectivity index (χ3n) is 7.35. The molecule has 7 atom stereocenters. The van der Waals surface area contributed by atoms with Crippen LogP contribution in [-0.2, 0) is 19.1 Å². The Balaban J connectivity index is 1.76. The van der Waals surface area contributed by atoms with Gasteiger partial charge in [0, 0.05) is 12.3 Å². The van der Waals surface area contributed by atoms with Gasteiger partial charge in [-0.2, -0.15) is 0 Å². The number of ether oxygens (including phenoxy) is 2. The molecule has 1 saturated heterocycles. The molecule has 3 unspecified atom stereocenters. The molecule has 0 aromatic rings. The molecule has 30 heavy (non-hydrogen) atoms. The van der Waals surface area contributed by atoms with Gasteiger partial charge in [0.1, 0.15) is 12.2 Å². The topological polar surface area (TPSA) is 72.8 Å². The summed E-state index contributed by atoms with van der Waals surface area (Å²) in [5.74, 6) is 0.776. The van der Waals surface area contributed by atoms with Crippen molar-refractivity contribution >= 4 is 11.9 Å². The summed E-state index contributed by atoms with van der Waals surface area (Å²) >= 11 is 0. The van der Waals surface area contributed by atoms with Crippen LogP contribution in [0.3, 0.4) is 0 Å². The number of allylic oxidation sites excluding steroid dienone is 3. The van der Waals surface area contributed by atoms with Crippen LogP contribution in [0.15, 0.2) is 23.8 Å². The molecular formula is C25H38O5. The van der Waals surface area contributed by atoms with Gasteiger partial charge >= 0.3 is 11.9 Å². The predicted octanol–water partition coefficient (Wildman–Crippen LogP) is 4.59. The molecule has 168 valence electrons. The van der Waals surface area contributed by atoms with Gasteiger partial charge in [-0.05, 0) is 62.9 Å². The van der Waals surface area contributed by atoms with E-state index in [0.29, 0.717) is 24.2 Å². The fraction of sp³-hybridized carbons (Fsp3) is 0.760. The first-order chi connectivity index (χ1) is 14.1. The summed E-state index contributed by atoms with van der Waals surface area (Å²) in [4.78, 5) is 24.6. The van der Waals surface area contributed by atoms with Crippen molar-refractivity contribution in [3.05, 3.63) is 23.8 Å². The van der Waals surface area contributed by atoms with Crippen molar-refractivity contribution in [2.24, 2.45) is 29.1 Å². The molecule has 0 aromatic heterocycles. The number of carbonyl (C=O) groups excluding carboxylic acids is 2. The van der Waals surface area contributed by atoms with E-state index in [0.717, 1.165) is 25.7 Å². The Labute approximate surface area is 180 Å². The minimum absolute atomic E-state index is 0.0949. The highest BCUT2D eigenvalue weighted by atomic mass is 16.6. The molecule has 5 heteroatoms. The van der Waals surface area contributed by atoms with E-state index in [-0.39, 0.29) is 36.5 Å². The molecule has 1 heterocycles. The number of cyclic esters (lactones) is 1. The zero-order valence-electron chi connectivity index (χ0n) is 19.1. The summed E-state index contributed by atoms with van der Waals surface area (Å²) in [5, 5.41) is 9.92. The van der Waals surface area contributed by atoms with Gasteiger partial charge in [0.25, 0.3) is 0 Å². The first-order valence-electron chi connectivity index (χ1n) is 11.6. The Bertz CT molecular complexity index is 706. The largest absolute Gasteiger partial charge is 0.462 e. The maximum Gasteiger partial charge on any atom is 0.311 e. The molecule has 0 bridgehead atoms. The fourth-order valence-electron chi connectivity index (χ4n) is 5.08. The molecule has 1 aliphatic heterocycles. The van der Waals surface area contributed by atoms with E-state index in [2.05, 4.69) is 32.1 Å². The lowest BCUT2D eigenvalue weighted by atomic mass is 9.65. The molecule has 0 amide bonds. The number of hydrogen-bond donors (Lipinski definition) is 1. The van der Waals surface area contributed by atoms with Crippen molar-refractivity contribution in [3.63, 3.8) is 0 Å². The van der Waals surface area contributed by atoms with Crippen molar-refractivity contribution in [2.45, 2.75) is 91.5 Å². The molecule has 0 radical (unpaired) electrons. The van der Waals surface area contributed by atoms with E-state index in [9.17, 15) is 14.7 Å². The standard InChI is InChI=1S/C25H38O5/c1-6-25(4,5)24(28)30-21-12-15(2)11-17-8-7-16(3)20(23(17)21)10-9-19-13-18(26)14-22(27)29-19/h7-8,11,15-16,18-21,23,26H,6,9-10,12-14H2,1-5H3/t15-,16-,18?,19?,20?,21-,23-/m0/s1. The minimum atomic E-state index is -0.601. The summed E-state index contributed by atoms with van der Waals surface area (Å²) in [5.41, 5.74) is 0.785. The highest BCUT2D eigenvalue weighted by Gasteiger charge is 2.43. The maximum atomic E-state index is 12.9. The van der Waals surface area contributed by atoms with Crippen LogP contribution in [0.4, 0.5) is 0 Å². The highest BCUT2D eigenvalue weighted by molar-refractivity contribution is 5.76. The van der Waals surface area contributed by atoms with Crippen LogP contribution in [0.1, 0.15) is 73.1 Å². The van der Waals surface area contributed by atoms with Crippen molar-refractivity contribution in [1.29, 1.82) is 0 Å². The van der Waals surface area contributed by atoms with Gasteiger partial charge < -0.3 is 14.6 Å². The number of aliphatic hydroxyl groups excluding tert-OH is 1. The monoisotopic (exact) mass is 418 g/mol. The second-order valence-corrected chi connectivity index (χ2v) is 10.3. The predicted molar refractivity (Wildman–Crippen MR) is 115 cm³/mol. The van der Waals surface area contributed by atoms with E-state index in [1.165, 1.54) is 5.57 Å². The third-order valence-corrected chi connectivity index (χ3v) is 7.35. The zero-order chi connectivity index (χ0) is 22.1. The van der Waals surface area contributed by atoms with Gasteiger partial charge in [-0.15, -0.1) is 0 Å². The average molecular weight is 419 g/mol. The number of fused-ring (bicyclic) bond motifs is 1. The number of esters is 2. The summed E-state index contributed by atoms with van der Waals surface area (Å²) in [6.07, 6.45) is 9.61. The van der Waals surface area contributed by atoms with Gasteiger partial charge in [0.05, 0.1) is 17.9 Å². The lowest BCUT2D eigenvalue weighted by molar-refractivity contribution is -0.166. The lowest BCUT2D eigenvalue weighted by Gasteiger charge is -2.44. The summed E-state index contributed by atoms with van der Waals surface area (Å²) in [7, 11) is 0.